The molecule has 2 aromatic rings. The summed E-state index contributed by atoms with van der Waals surface area (Å²) in [7, 11) is 0. The van der Waals surface area contributed by atoms with Crippen LogP contribution in [0.25, 0.3) is 0 Å². The molecule has 1 fully saturated rings. The van der Waals surface area contributed by atoms with Crippen molar-refractivity contribution in [2.75, 3.05) is 5.32 Å². The van der Waals surface area contributed by atoms with Crippen LogP contribution in [0.5, 0.6) is 0 Å². The molecule has 6 nitrogen and oxygen atoms in total. The Morgan fingerprint density at radius 2 is 1.56 bits per heavy atom. The van der Waals surface area contributed by atoms with Gasteiger partial charge in [0.2, 0.25) is 0 Å². The van der Waals surface area contributed by atoms with Crippen LogP contribution in [0.1, 0.15) is 49.2 Å². The van der Waals surface area contributed by atoms with Crippen LogP contribution >= 0.6 is 0 Å². The van der Waals surface area contributed by atoms with E-state index in [1.807, 2.05) is 24.3 Å². The molecule has 2 aromatic carbocycles. The zero-order valence-corrected chi connectivity index (χ0v) is 15.8. The third-order valence-electron chi connectivity index (χ3n) is 4.78. The summed E-state index contributed by atoms with van der Waals surface area (Å²) in [6.07, 6.45) is 0. The molecule has 0 spiro atoms. The normalized spacial score (nSPS) is 19.4. The first-order valence-electron chi connectivity index (χ1n) is 8.76. The maximum atomic E-state index is 12.5. The van der Waals surface area contributed by atoms with E-state index >= 15 is 0 Å². The number of urea groups is 1. The average Bonchev–Trinajstić information content (AvgIpc) is 2.87. The Kier molecular flexibility index (Phi) is 4.51. The van der Waals surface area contributed by atoms with Gasteiger partial charge in [0.15, 0.2) is 0 Å². The molecule has 0 saturated carbocycles. The molecular formula is C21H23N3O3. The van der Waals surface area contributed by atoms with Gasteiger partial charge in [0.25, 0.3) is 11.8 Å². The molecule has 0 unspecified atom stereocenters. The number of rotatable bonds is 3. The lowest BCUT2D eigenvalue weighted by Crippen LogP contribution is -2.40. The minimum atomic E-state index is -1.13. The molecule has 4 amide bonds. The number of amides is 4. The summed E-state index contributed by atoms with van der Waals surface area (Å²) in [5.74, 6) is -0.654. The molecule has 1 aliphatic rings. The number of carbonyl (C=O) groups is 3. The van der Waals surface area contributed by atoms with Gasteiger partial charge in [-0.25, -0.2) is 4.79 Å². The lowest BCUT2D eigenvalue weighted by Gasteiger charge is -2.21. The third kappa shape index (κ3) is 3.69. The lowest BCUT2D eigenvalue weighted by molar-refractivity contribution is -0.123. The molecule has 1 saturated heterocycles. The van der Waals surface area contributed by atoms with Crippen molar-refractivity contribution in [3.05, 3.63) is 65.2 Å². The van der Waals surface area contributed by atoms with E-state index in [9.17, 15) is 14.4 Å². The minimum absolute atomic E-state index is 0.0520. The van der Waals surface area contributed by atoms with Crippen LogP contribution in [0.2, 0.25) is 0 Å². The number of nitrogens with one attached hydrogen (secondary N) is 3. The zero-order chi connectivity index (χ0) is 19.8. The molecule has 1 atom stereocenters. The topological polar surface area (TPSA) is 87.3 Å². The van der Waals surface area contributed by atoms with E-state index in [-0.39, 0.29) is 11.3 Å². The number of anilines is 1. The van der Waals surface area contributed by atoms with E-state index in [0.29, 0.717) is 16.8 Å². The summed E-state index contributed by atoms with van der Waals surface area (Å²) in [4.78, 5) is 35.9. The Morgan fingerprint density at radius 3 is 2.04 bits per heavy atom. The molecule has 1 heterocycles. The van der Waals surface area contributed by atoms with Gasteiger partial charge in [0, 0.05) is 11.3 Å². The summed E-state index contributed by atoms with van der Waals surface area (Å²) >= 11 is 0. The molecule has 3 N–H and O–H groups in total. The van der Waals surface area contributed by atoms with Crippen molar-refractivity contribution in [3.63, 3.8) is 0 Å². The van der Waals surface area contributed by atoms with Crippen molar-refractivity contribution in [3.8, 4) is 0 Å². The van der Waals surface area contributed by atoms with Gasteiger partial charge in [-0.05, 0) is 47.7 Å². The molecule has 27 heavy (non-hydrogen) atoms. The second kappa shape index (κ2) is 6.54. The monoisotopic (exact) mass is 365 g/mol. The fourth-order valence-corrected chi connectivity index (χ4v) is 2.96. The standard InChI is InChI=1S/C21H23N3O3/c1-20(2,3)14-9-11-16(12-10-14)22-17(25)13-5-7-15(8-6-13)21(4)18(26)23-19(27)24-21/h5-12H,1-4H3,(H,22,25)(H2,23,24,26,27)/t21-/m0/s1. The molecule has 0 aromatic heterocycles. The molecule has 0 radical (unpaired) electrons. The van der Waals surface area contributed by atoms with Crippen LogP contribution in [0.4, 0.5) is 10.5 Å². The van der Waals surface area contributed by atoms with Gasteiger partial charge in [-0.3, -0.25) is 14.9 Å². The summed E-state index contributed by atoms with van der Waals surface area (Å²) in [6.45, 7) is 8.03. The molecule has 1 aliphatic heterocycles. The van der Waals surface area contributed by atoms with E-state index in [0.717, 1.165) is 0 Å². The van der Waals surface area contributed by atoms with E-state index in [2.05, 4.69) is 36.7 Å². The van der Waals surface area contributed by atoms with Crippen LogP contribution < -0.4 is 16.0 Å². The van der Waals surface area contributed by atoms with E-state index in [4.69, 9.17) is 0 Å². The van der Waals surface area contributed by atoms with Crippen LogP contribution in [-0.4, -0.2) is 17.8 Å². The zero-order valence-electron chi connectivity index (χ0n) is 15.8. The van der Waals surface area contributed by atoms with E-state index < -0.39 is 17.5 Å². The Balaban J connectivity index is 1.73. The second-order valence-electron chi connectivity index (χ2n) is 7.89. The third-order valence-corrected chi connectivity index (χ3v) is 4.78. The molecule has 0 bridgehead atoms. The maximum absolute atomic E-state index is 12.5. The van der Waals surface area contributed by atoms with Crippen molar-refractivity contribution >= 4 is 23.5 Å². The number of imide groups is 1. The number of hydrogen-bond donors (Lipinski definition) is 3. The predicted molar refractivity (Wildman–Crippen MR) is 104 cm³/mol. The Labute approximate surface area is 158 Å². The number of carbonyl (C=O) groups excluding carboxylic acids is 3. The highest BCUT2D eigenvalue weighted by Gasteiger charge is 2.43. The Hall–Kier alpha value is -3.15. The van der Waals surface area contributed by atoms with E-state index in [1.165, 1.54) is 5.56 Å². The largest absolute Gasteiger partial charge is 0.322 e. The highest BCUT2D eigenvalue weighted by molar-refractivity contribution is 6.07. The second-order valence-corrected chi connectivity index (χ2v) is 7.89. The molecule has 3 rings (SSSR count). The van der Waals surface area contributed by atoms with Crippen LogP contribution in [0.3, 0.4) is 0 Å². The molecule has 0 aliphatic carbocycles. The van der Waals surface area contributed by atoms with Gasteiger partial charge in [0.1, 0.15) is 5.54 Å². The van der Waals surface area contributed by atoms with E-state index in [1.54, 1.807) is 31.2 Å². The first-order chi connectivity index (χ1) is 12.6. The van der Waals surface area contributed by atoms with Gasteiger partial charge in [-0.1, -0.05) is 45.0 Å². The molecule has 140 valence electrons. The van der Waals surface area contributed by atoms with Gasteiger partial charge < -0.3 is 10.6 Å². The van der Waals surface area contributed by atoms with Gasteiger partial charge >= 0.3 is 6.03 Å². The lowest BCUT2D eigenvalue weighted by atomic mass is 9.87. The van der Waals surface area contributed by atoms with Crippen molar-refractivity contribution in [2.45, 2.75) is 38.6 Å². The Morgan fingerprint density at radius 1 is 0.963 bits per heavy atom. The van der Waals surface area contributed by atoms with Crippen molar-refractivity contribution in [1.82, 2.24) is 10.6 Å². The van der Waals surface area contributed by atoms with Crippen molar-refractivity contribution < 1.29 is 14.4 Å². The Bertz CT molecular complexity index is 896. The van der Waals surface area contributed by atoms with Crippen LogP contribution in [0, 0.1) is 0 Å². The summed E-state index contributed by atoms with van der Waals surface area (Å²) in [5.41, 5.74) is 1.90. The minimum Gasteiger partial charge on any atom is -0.322 e. The van der Waals surface area contributed by atoms with Crippen molar-refractivity contribution in [2.24, 2.45) is 0 Å². The molecular weight excluding hydrogens is 342 g/mol. The fraction of sp³-hybridized carbons (Fsp3) is 0.286. The van der Waals surface area contributed by atoms with Crippen LogP contribution in [0.15, 0.2) is 48.5 Å². The average molecular weight is 365 g/mol. The summed E-state index contributed by atoms with van der Waals surface area (Å²) in [5, 5.41) is 7.69. The van der Waals surface area contributed by atoms with Gasteiger partial charge in [0.05, 0.1) is 0 Å². The first kappa shape index (κ1) is 18.6. The van der Waals surface area contributed by atoms with Gasteiger partial charge in [-0.15, -0.1) is 0 Å². The van der Waals surface area contributed by atoms with Crippen molar-refractivity contribution in [1.29, 1.82) is 0 Å². The first-order valence-corrected chi connectivity index (χ1v) is 8.76. The quantitative estimate of drug-likeness (QED) is 0.730. The molecule has 6 heteroatoms. The smallest absolute Gasteiger partial charge is 0.322 e. The maximum Gasteiger partial charge on any atom is 0.322 e. The summed E-state index contributed by atoms with van der Waals surface area (Å²) < 4.78 is 0. The number of hydrogen-bond acceptors (Lipinski definition) is 3. The highest BCUT2D eigenvalue weighted by atomic mass is 16.2. The summed E-state index contributed by atoms with van der Waals surface area (Å²) in [6, 6.07) is 13.9. The highest BCUT2D eigenvalue weighted by Crippen LogP contribution is 2.26. The van der Waals surface area contributed by atoms with Crippen LogP contribution in [-0.2, 0) is 15.7 Å². The predicted octanol–water partition coefficient (Wildman–Crippen LogP) is 3.29. The van der Waals surface area contributed by atoms with Gasteiger partial charge in [-0.2, -0.15) is 0 Å². The SMILES string of the molecule is CC(C)(C)c1ccc(NC(=O)c2ccc([C@]3(C)NC(=O)NC3=O)cc2)cc1. The fourth-order valence-electron chi connectivity index (χ4n) is 2.96. The number of benzene rings is 2.